The van der Waals surface area contributed by atoms with Crippen molar-refractivity contribution in [2.45, 2.75) is 85.1 Å². The van der Waals surface area contributed by atoms with Gasteiger partial charge in [0.25, 0.3) is 0 Å². The first kappa shape index (κ1) is 18.2. The summed E-state index contributed by atoms with van der Waals surface area (Å²) in [7, 11) is 0. The summed E-state index contributed by atoms with van der Waals surface area (Å²) in [6.07, 6.45) is 10.6. The SMILES string of the molecule is CCCCCCCCCC(NN)c1c(C)cc(C)cc1C. The van der Waals surface area contributed by atoms with E-state index < -0.39 is 0 Å². The predicted octanol–water partition coefficient (Wildman–Crippen LogP) is 5.26. The zero-order chi connectivity index (χ0) is 15.7. The molecule has 0 fully saturated rings. The zero-order valence-electron chi connectivity index (χ0n) is 14.5. The highest BCUT2D eigenvalue weighted by Gasteiger charge is 2.14. The molecule has 1 rings (SSSR count). The average Bonchev–Trinajstić information content (AvgIpc) is 2.43. The van der Waals surface area contributed by atoms with Crippen molar-refractivity contribution in [3.05, 3.63) is 34.4 Å². The molecule has 0 amide bonds. The summed E-state index contributed by atoms with van der Waals surface area (Å²) in [6.45, 7) is 8.82. The molecular weight excluding hydrogens is 256 g/mol. The highest BCUT2D eigenvalue weighted by atomic mass is 15.2. The Balaban J connectivity index is 2.45. The summed E-state index contributed by atoms with van der Waals surface area (Å²) < 4.78 is 0. The van der Waals surface area contributed by atoms with Gasteiger partial charge in [-0.15, -0.1) is 0 Å². The molecule has 120 valence electrons. The molecule has 0 bridgehead atoms. The fourth-order valence-electron chi connectivity index (χ4n) is 3.36. The third kappa shape index (κ3) is 6.19. The number of unbranched alkanes of at least 4 members (excludes halogenated alkanes) is 6. The van der Waals surface area contributed by atoms with E-state index in [1.165, 1.54) is 67.2 Å². The Hall–Kier alpha value is -0.860. The minimum atomic E-state index is 0.293. The van der Waals surface area contributed by atoms with Crippen LogP contribution in [0.3, 0.4) is 0 Å². The molecular formula is C19H34N2. The van der Waals surface area contributed by atoms with Crippen molar-refractivity contribution < 1.29 is 0 Å². The lowest BCUT2D eigenvalue weighted by atomic mass is 9.91. The molecule has 0 spiro atoms. The quantitative estimate of drug-likeness (QED) is 0.350. The van der Waals surface area contributed by atoms with Crippen LogP contribution >= 0.6 is 0 Å². The van der Waals surface area contributed by atoms with Crippen LogP contribution in [-0.2, 0) is 0 Å². The summed E-state index contributed by atoms with van der Waals surface area (Å²) in [5.74, 6) is 5.81. The number of rotatable bonds is 10. The molecule has 0 saturated carbocycles. The molecule has 2 heteroatoms. The van der Waals surface area contributed by atoms with Gasteiger partial charge in [0.05, 0.1) is 0 Å². The number of aryl methyl sites for hydroxylation is 3. The highest BCUT2D eigenvalue weighted by molar-refractivity contribution is 5.39. The minimum Gasteiger partial charge on any atom is -0.271 e. The number of hydrogen-bond acceptors (Lipinski definition) is 2. The first-order valence-corrected chi connectivity index (χ1v) is 8.64. The maximum absolute atomic E-state index is 5.81. The first-order valence-electron chi connectivity index (χ1n) is 8.64. The summed E-state index contributed by atoms with van der Waals surface area (Å²) in [6, 6.07) is 4.82. The van der Waals surface area contributed by atoms with Gasteiger partial charge in [-0.2, -0.15) is 0 Å². The topological polar surface area (TPSA) is 38.0 Å². The Kier molecular flexibility index (Phi) is 8.63. The monoisotopic (exact) mass is 290 g/mol. The van der Waals surface area contributed by atoms with Crippen molar-refractivity contribution in [3.8, 4) is 0 Å². The second kappa shape index (κ2) is 9.97. The standard InChI is InChI=1S/C19H34N2/c1-5-6-7-8-9-10-11-12-18(21-20)19-16(3)13-15(2)14-17(19)4/h13-14,18,21H,5-12,20H2,1-4H3. The van der Waals surface area contributed by atoms with Crippen LogP contribution in [0, 0.1) is 20.8 Å². The molecule has 0 heterocycles. The normalized spacial score (nSPS) is 12.6. The van der Waals surface area contributed by atoms with Crippen LogP contribution in [0.1, 0.15) is 86.6 Å². The molecule has 2 nitrogen and oxygen atoms in total. The molecule has 3 N–H and O–H groups in total. The van der Waals surface area contributed by atoms with Gasteiger partial charge in [0, 0.05) is 6.04 Å². The lowest BCUT2D eigenvalue weighted by Crippen LogP contribution is -2.29. The number of nitrogens with one attached hydrogen (secondary N) is 1. The summed E-state index contributed by atoms with van der Waals surface area (Å²) in [4.78, 5) is 0. The Morgan fingerprint density at radius 3 is 1.95 bits per heavy atom. The van der Waals surface area contributed by atoms with E-state index in [0.29, 0.717) is 6.04 Å². The predicted molar refractivity (Wildman–Crippen MR) is 93.3 cm³/mol. The van der Waals surface area contributed by atoms with Crippen LogP contribution in [0.25, 0.3) is 0 Å². The second-order valence-corrected chi connectivity index (χ2v) is 6.44. The number of hydrazine groups is 1. The Morgan fingerprint density at radius 2 is 1.43 bits per heavy atom. The Labute approximate surface area is 131 Å². The fraction of sp³-hybridized carbons (Fsp3) is 0.684. The highest BCUT2D eigenvalue weighted by Crippen LogP contribution is 2.27. The van der Waals surface area contributed by atoms with E-state index in [0.717, 1.165) is 6.42 Å². The molecule has 1 aromatic carbocycles. The Bertz CT molecular complexity index is 389. The average molecular weight is 290 g/mol. The molecule has 1 unspecified atom stereocenters. The lowest BCUT2D eigenvalue weighted by molar-refractivity contribution is 0.472. The molecule has 1 aromatic rings. The van der Waals surface area contributed by atoms with Gasteiger partial charge in [0.1, 0.15) is 0 Å². The van der Waals surface area contributed by atoms with Crippen molar-refractivity contribution in [1.29, 1.82) is 0 Å². The molecule has 0 aliphatic carbocycles. The third-order valence-corrected chi connectivity index (χ3v) is 4.38. The van der Waals surface area contributed by atoms with Gasteiger partial charge >= 0.3 is 0 Å². The van der Waals surface area contributed by atoms with Crippen molar-refractivity contribution in [2.24, 2.45) is 5.84 Å². The molecule has 0 aliphatic rings. The van der Waals surface area contributed by atoms with Crippen molar-refractivity contribution in [3.63, 3.8) is 0 Å². The van der Waals surface area contributed by atoms with E-state index in [-0.39, 0.29) is 0 Å². The lowest BCUT2D eigenvalue weighted by Gasteiger charge is -2.21. The van der Waals surface area contributed by atoms with E-state index in [4.69, 9.17) is 5.84 Å². The van der Waals surface area contributed by atoms with Gasteiger partial charge in [0.2, 0.25) is 0 Å². The molecule has 0 aromatic heterocycles. The fourth-order valence-corrected chi connectivity index (χ4v) is 3.36. The number of benzene rings is 1. The van der Waals surface area contributed by atoms with E-state index in [1.807, 2.05) is 0 Å². The van der Waals surface area contributed by atoms with Gasteiger partial charge in [-0.05, 0) is 43.9 Å². The van der Waals surface area contributed by atoms with Crippen molar-refractivity contribution in [1.82, 2.24) is 5.43 Å². The van der Waals surface area contributed by atoms with E-state index in [2.05, 4.69) is 45.3 Å². The summed E-state index contributed by atoms with van der Waals surface area (Å²) in [5, 5.41) is 0. The molecule has 0 radical (unpaired) electrons. The second-order valence-electron chi connectivity index (χ2n) is 6.44. The Morgan fingerprint density at radius 1 is 0.905 bits per heavy atom. The van der Waals surface area contributed by atoms with E-state index in [1.54, 1.807) is 0 Å². The van der Waals surface area contributed by atoms with Crippen LogP contribution in [0.4, 0.5) is 0 Å². The minimum absolute atomic E-state index is 0.293. The zero-order valence-corrected chi connectivity index (χ0v) is 14.5. The van der Waals surface area contributed by atoms with E-state index in [9.17, 15) is 0 Å². The van der Waals surface area contributed by atoms with Crippen LogP contribution in [0.2, 0.25) is 0 Å². The van der Waals surface area contributed by atoms with Crippen LogP contribution in [0.15, 0.2) is 12.1 Å². The van der Waals surface area contributed by atoms with Gasteiger partial charge in [0.15, 0.2) is 0 Å². The molecule has 1 atom stereocenters. The van der Waals surface area contributed by atoms with Crippen molar-refractivity contribution in [2.75, 3.05) is 0 Å². The summed E-state index contributed by atoms with van der Waals surface area (Å²) in [5.41, 5.74) is 8.48. The van der Waals surface area contributed by atoms with Gasteiger partial charge in [-0.25, -0.2) is 0 Å². The van der Waals surface area contributed by atoms with Crippen LogP contribution in [0.5, 0.6) is 0 Å². The maximum atomic E-state index is 5.81. The van der Waals surface area contributed by atoms with Crippen molar-refractivity contribution >= 4 is 0 Å². The largest absolute Gasteiger partial charge is 0.271 e. The summed E-state index contributed by atoms with van der Waals surface area (Å²) >= 11 is 0. The molecule has 0 aliphatic heterocycles. The molecule has 0 saturated heterocycles. The smallest absolute Gasteiger partial charge is 0.0465 e. The van der Waals surface area contributed by atoms with E-state index >= 15 is 0 Å². The van der Waals surface area contributed by atoms with Gasteiger partial charge < -0.3 is 0 Å². The van der Waals surface area contributed by atoms with Gasteiger partial charge in [-0.3, -0.25) is 11.3 Å². The third-order valence-electron chi connectivity index (χ3n) is 4.38. The number of nitrogens with two attached hydrogens (primary N) is 1. The van der Waals surface area contributed by atoms with Gasteiger partial charge in [-0.1, -0.05) is 69.6 Å². The number of hydrogen-bond donors (Lipinski definition) is 2. The maximum Gasteiger partial charge on any atom is 0.0465 e. The van der Waals surface area contributed by atoms with Crippen LogP contribution < -0.4 is 11.3 Å². The van der Waals surface area contributed by atoms with Crippen LogP contribution in [-0.4, -0.2) is 0 Å². The first-order chi connectivity index (χ1) is 10.1. The molecule has 21 heavy (non-hydrogen) atoms.